The largest absolute Gasteiger partial charge is 0.289 e. The number of Topliss-reactive ketones (excluding diaryl/α,β-unsaturated/α-hetero) is 1. The maximum absolute atomic E-state index is 13.6. The van der Waals surface area contributed by atoms with Crippen LogP contribution in [0.3, 0.4) is 0 Å². The molecule has 4 aromatic carbocycles. The van der Waals surface area contributed by atoms with Crippen LogP contribution >= 0.6 is 0 Å². The smallest absolute Gasteiger partial charge is 0.193 e. The summed E-state index contributed by atoms with van der Waals surface area (Å²) in [6.07, 6.45) is 2.04. The molecule has 1 aliphatic heterocycles. The first kappa shape index (κ1) is 19.0. The Hall–Kier alpha value is -4.04. The molecule has 0 fully saturated rings. The molecule has 2 heteroatoms. The van der Waals surface area contributed by atoms with Crippen molar-refractivity contribution in [3.05, 3.63) is 150 Å². The average molecular weight is 399 g/mol. The SMILES string of the molecule is O=C(C(=CC1(c2ccccc2)N=C1c1ccccc1)c1ccccc1)c1ccccc1. The standard InChI is InChI=1S/C29H21NO/c31-27(23-15-7-2-8-16-23)26(22-13-5-1-6-14-22)21-29(25-19-11-4-12-20-25)28(30-29)24-17-9-3-10-18-24/h1-21H. The van der Waals surface area contributed by atoms with Gasteiger partial charge < -0.3 is 0 Å². The van der Waals surface area contributed by atoms with Crippen molar-refractivity contribution in [1.82, 2.24) is 0 Å². The molecule has 1 aliphatic rings. The van der Waals surface area contributed by atoms with Crippen molar-refractivity contribution in [3.63, 3.8) is 0 Å². The number of ketones is 1. The number of hydrogen-bond donors (Lipinski definition) is 0. The third kappa shape index (κ3) is 3.64. The third-order valence-corrected chi connectivity index (χ3v) is 5.58. The highest BCUT2D eigenvalue weighted by Crippen LogP contribution is 2.45. The minimum Gasteiger partial charge on any atom is -0.289 e. The summed E-state index contributed by atoms with van der Waals surface area (Å²) in [5.41, 5.74) is 4.69. The predicted octanol–water partition coefficient (Wildman–Crippen LogP) is 6.35. The Morgan fingerprint density at radius 1 is 0.613 bits per heavy atom. The van der Waals surface area contributed by atoms with E-state index in [1.807, 2.05) is 103 Å². The number of nitrogens with zero attached hydrogens (tertiary/aromatic N) is 1. The van der Waals surface area contributed by atoms with Crippen LogP contribution in [0.4, 0.5) is 0 Å². The van der Waals surface area contributed by atoms with Crippen LogP contribution in [0.5, 0.6) is 0 Å². The average Bonchev–Trinajstić information content (AvgIpc) is 3.60. The van der Waals surface area contributed by atoms with Gasteiger partial charge in [-0.3, -0.25) is 9.79 Å². The minimum atomic E-state index is -0.641. The molecule has 0 bridgehead atoms. The molecule has 148 valence electrons. The zero-order chi connectivity index (χ0) is 21.1. The second-order valence-electron chi connectivity index (χ2n) is 7.58. The molecule has 4 aromatic rings. The first-order chi connectivity index (χ1) is 15.3. The molecular formula is C29H21NO. The number of allylic oxidation sites excluding steroid dienone is 1. The minimum absolute atomic E-state index is 0.00313. The Morgan fingerprint density at radius 2 is 1.10 bits per heavy atom. The van der Waals surface area contributed by atoms with Crippen LogP contribution in [0.25, 0.3) is 5.57 Å². The second-order valence-corrected chi connectivity index (χ2v) is 7.58. The lowest BCUT2D eigenvalue weighted by Gasteiger charge is -2.16. The van der Waals surface area contributed by atoms with E-state index in [4.69, 9.17) is 4.99 Å². The van der Waals surface area contributed by atoms with Gasteiger partial charge in [0.15, 0.2) is 5.78 Å². The number of benzene rings is 4. The molecule has 1 atom stereocenters. The van der Waals surface area contributed by atoms with E-state index in [9.17, 15) is 4.79 Å². The summed E-state index contributed by atoms with van der Waals surface area (Å²) in [5, 5.41) is 0. The lowest BCUT2D eigenvalue weighted by molar-refractivity contribution is 0.105. The van der Waals surface area contributed by atoms with E-state index < -0.39 is 5.54 Å². The molecule has 0 saturated heterocycles. The number of hydrogen-bond acceptors (Lipinski definition) is 2. The molecule has 0 aliphatic carbocycles. The molecule has 31 heavy (non-hydrogen) atoms. The zero-order valence-corrected chi connectivity index (χ0v) is 17.0. The van der Waals surface area contributed by atoms with Crippen molar-refractivity contribution < 1.29 is 4.79 Å². The van der Waals surface area contributed by atoms with Gasteiger partial charge in [-0.25, -0.2) is 0 Å². The summed E-state index contributed by atoms with van der Waals surface area (Å²) in [5.74, 6) is -0.00313. The number of carbonyl (C=O) groups is 1. The number of carbonyl (C=O) groups excluding carboxylic acids is 1. The molecular weight excluding hydrogens is 378 g/mol. The van der Waals surface area contributed by atoms with E-state index in [0.717, 1.165) is 22.4 Å². The molecule has 5 rings (SSSR count). The maximum atomic E-state index is 13.6. The summed E-state index contributed by atoms with van der Waals surface area (Å²) in [7, 11) is 0. The van der Waals surface area contributed by atoms with Gasteiger partial charge in [0.1, 0.15) is 5.54 Å². The fourth-order valence-electron chi connectivity index (χ4n) is 3.96. The van der Waals surface area contributed by atoms with Gasteiger partial charge in [-0.1, -0.05) is 121 Å². The van der Waals surface area contributed by atoms with Crippen molar-refractivity contribution in [3.8, 4) is 0 Å². The molecule has 0 N–H and O–H groups in total. The Bertz CT molecular complexity index is 1260. The third-order valence-electron chi connectivity index (χ3n) is 5.58. The lowest BCUT2D eigenvalue weighted by Crippen LogP contribution is -2.17. The Labute approximate surface area is 182 Å². The van der Waals surface area contributed by atoms with E-state index >= 15 is 0 Å². The monoisotopic (exact) mass is 399 g/mol. The van der Waals surface area contributed by atoms with Crippen LogP contribution in [-0.2, 0) is 5.54 Å². The van der Waals surface area contributed by atoms with Crippen LogP contribution in [0.15, 0.2) is 132 Å². The molecule has 0 saturated carbocycles. The summed E-state index contributed by atoms with van der Waals surface area (Å²) >= 11 is 0. The van der Waals surface area contributed by atoms with Gasteiger partial charge in [0.25, 0.3) is 0 Å². The van der Waals surface area contributed by atoms with Gasteiger partial charge in [-0.15, -0.1) is 0 Å². The molecule has 1 unspecified atom stereocenters. The van der Waals surface area contributed by atoms with E-state index in [1.165, 1.54) is 0 Å². The highest BCUT2D eigenvalue weighted by Gasteiger charge is 2.48. The fraction of sp³-hybridized carbons (Fsp3) is 0.0345. The summed E-state index contributed by atoms with van der Waals surface area (Å²) in [6, 6.07) is 39.6. The van der Waals surface area contributed by atoms with Gasteiger partial charge in [0.2, 0.25) is 0 Å². The van der Waals surface area contributed by atoms with Crippen LogP contribution in [0, 0.1) is 0 Å². The zero-order valence-electron chi connectivity index (χ0n) is 17.0. The van der Waals surface area contributed by atoms with E-state index in [-0.39, 0.29) is 5.78 Å². The van der Waals surface area contributed by atoms with Crippen LogP contribution in [0.2, 0.25) is 0 Å². The number of rotatable bonds is 6. The maximum Gasteiger partial charge on any atom is 0.193 e. The van der Waals surface area contributed by atoms with E-state index in [1.54, 1.807) is 0 Å². The van der Waals surface area contributed by atoms with Crippen LogP contribution in [-0.4, -0.2) is 11.5 Å². The van der Waals surface area contributed by atoms with E-state index in [0.29, 0.717) is 11.1 Å². The Balaban J connectivity index is 1.67. The molecule has 1 heterocycles. The molecule has 2 nitrogen and oxygen atoms in total. The number of aliphatic imine (C=N–C) groups is 1. The lowest BCUT2D eigenvalue weighted by atomic mass is 9.85. The summed E-state index contributed by atoms with van der Waals surface area (Å²) in [6.45, 7) is 0. The Kier molecular flexibility index (Phi) is 4.89. The van der Waals surface area contributed by atoms with Crippen LogP contribution in [0.1, 0.15) is 27.0 Å². The normalized spacial score (nSPS) is 17.7. The highest BCUT2D eigenvalue weighted by atomic mass is 16.1. The summed E-state index contributed by atoms with van der Waals surface area (Å²) < 4.78 is 0. The predicted molar refractivity (Wildman–Crippen MR) is 126 cm³/mol. The van der Waals surface area contributed by atoms with Gasteiger partial charge >= 0.3 is 0 Å². The molecule has 0 spiro atoms. The highest BCUT2D eigenvalue weighted by molar-refractivity contribution is 6.31. The second kappa shape index (κ2) is 8.00. The first-order valence-corrected chi connectivity index (χ1v) is 10.4. The van der Waals surface area contributed by atoms with Crippen molar-refractivity contribution in [2.45, 2.75) is 5.54 Å². The van der Waals surface area contributed by atoms with Crippen molar-refractivity contribution in [1.29, 1.82) is 0 Å². The van der Waals surface area contributed by atoms with Gasteiger partial charge in [0.05, 0.1) is 5.71 Å². The van der Waals surface area contributed by atoms with Gasteiger partial charge in [-0.2, -0.15) is 0 Å². The molecule has 0 amide bonds. The van der Waals surface area contributed by atoms with Crippen molar-refractivity contribution in [2.75, 3.05) is 0 Å². The van der Waals surface area contributed by atoms with Crippen molar-refractivity contribution in [2.24, 2.45) is 4.99 Å². The summed E-state index contributed by atoms with van der Waals surface area (Å²) in [4.78, 5) is 18.6. The topological polar surface area (TPSA) is 29.4 Å². The van der Waals surface area contributed by atoms with Gasteiger partial charge in [0, 0.05) is 11.1 Å². The first-order valence-electron chi connectivity index (χ1n) is 10.4. The molecule has 0 radical (unpaired) electrons. The van der Waals surface area contributed by atoms with Gasteiger partial charge in [-0.05, 0) is 22.8 Å². The fourth-order valence-corrected chi connectivity index (χ4v) is 3.96. The Morgan fingerprint density at radius 3 is 1.68 bits per heavy atom. The van der Waals surface area contributed by atoms with Crippen molar-refractivity contribution >= 4 is 17.1 Å². The quantitative estimate of drug-likeness (QED) is 0.274. The van der Waals surface area contributed by atoms with Crippen LogP contribution < -0.4 is 0 Å². The molecule has 0 aromatic heterocycles. The van der Waals surface area contributed by atoms with E-state index in [2.05, 4.69) is 24.3 Å².